The van der Waals surface area contributed by atoms with Crippen molar-refractivity contribution in [3.63, 3.8) is 0 Å². The molecule has 10 nitrogen and oxygen atoms in total. The fraction of sp³-hybridized carbons (Fsp3) is 0.458. The Bertz CT molecular complexity index is 1130. The van der Waals surface area contributed by atoms with Gasteiger partial charge >= 0.3 is 0 Å². The van der Waals surface area contributed by atoms with E-state index in [1.54, 1.807) is 17.8 Å². The minimum atomic E-state index is -0.268. The van der Waals surface area contributed by atoms with Crippen LogP contribution in [0.2, 0.25) is 0 Å². The highest BCUT2D eigenvalue weighted by atomic mass is 31.1. The molecule has 35 heavy (non-hydrogen) atoms. The molecule has 0 bridgehead atoms. The number of likely N-dealkylation sites (tertiary alicyclic amines) is 1. The van der Waals surface area contributed by atoms with Gasteiger partial charge in [0.2, 0.25) is 5.91 Å². The molecule has 0 spiro atoms. The molecule has 1 aliphatic carbocycles. The molecule has 2 amide bonds. The van der Waals surface area contributed by atoms with Crippen molar-refractivity contribution in [3.05, 3.63) is 47.7 Å². The number of aliphatic imine (C=N–C) groups is 1. The highest BCUT2D eigenvalue weighted by Crippen LogP contribution is 2.34. The maximum atomic E-state index is 12.6. The molecule has 0 radical (unpaired) electrons. The molecule has 2 atom stereocenters. The van der Waals surface area contributed by atoms with E-state index < -0.39 is 0 Å². The van der Waals surface area contributed by atoms with Crippen LogP contribution in [-0.4, -0.2) is 63.5 Å². The maximum absolute atomic E-state index is 12.6. The average molecular weight is 495 g/mol. The number of piperidine rings is 1. The van der Waals surface area contributed by atoms with Crippen LogP contribution in [0.1, 0.15) is 49.1 Å². The predicted octanol–water partition coefficient (Wildman–Crippen LogP) is 3.01. The Balaban J connectivity index is 1.10. The van der Waals surface area contributed by atoms with Crippen LogP contribution in [0.15, 0.2) is 47.0 Å². The molecule has 5 rings (SSSR count). The van der Waals surface area contributed by atoms with Gasteiger partial charge in [-0.25, -0.2) is 4.68 Å². The monoisotopic (exact) mass is 494 g/mol. The van der Waals surface area contributed by atoms with Crippen molar-refractivity contribution in [2.45, 2.75) is 44.6 Å². The number of nitrogens with zero attached hydrogens (tertiary/aromatic N) is 5. The van der Waals surface area contributed by atoms with Crippen molar-refractivity contribution >= 4 is 38.0 Å². The van der Waals surface area contributed by atoms with Crippen LogP contribution in [0.3, 0.4) is 0 Å². The summed E-state index contributed by atoms with van der Waals surface area (Å²) in [5, 5.41) is 18.0. The quantitative estimate of drug-likeness (QED) is 0.486. The van der Waals surface area contributed by atoms with Gasteiger partial charge in [0.15, 0.2) is 5.69 Å². The molecule has 1 aromatic carbocycles. The Morgan fingerprint density at radius 1 is 1.14 bits per heavy atom. The van der Waals surface area contributed by atoms with E-state index in [-0.39, 0.29) is 17.7 Å². The van der Waals surface area contributed by atoms with E-state index in [4.69, 9.17) is 0 Å². The number of carbonyl (C=O) groups excluding carboxylic acids is 2. The minimum absolute atomic E-state index is 0.0635. The first-order valence-electron chi connectivity index (χ1n) is 12.1. The van der Waals surface area contributed by atoms with Crippen molar-refractivity contribution in [3.8, 4) is 0 Å². The predicted molar refractivity (Wildman–Crippen MR) is 138 cm³/mol. The summed E-state index contributed by atoms with van der Waals surface area (Å²) in [5.74, 6) is 0.414. The summed E-state index contributed by atoms with van der Waals surface area (Å²) in [4.78, 5) is 30.6. The lowest BCUT2D eigenvalue weighted by molar-refractivity contribution is -0.130. The smallest absolute Gasteiger partial charge is 0.277 e. The van der Waals surface area contributed by atoms with Crippen molar-refractivity contribution in [2.75, 3.05) is 30.3 Å². The van der Waals surface area contributed by atoms with E-state index in [1.807, 2.05) is 41.5 Å². The van der Waals surface area contributed by atoms with Gasteiger partial charge in [0.25, 0.3) is 5.91 Å². The van der Waals surface area contributed by atoms with Crippen molar-refractivity contribution in [2.24, 2.45) is 10.9 Å². The lowest BCUT2D eigenvalue weighted by Gasteiger charge is -2.32. The zero-order valence-electron chi connectivity index (χ0n) is 19.8. The van der Waals surface area contributed by atoms with Gasteiger partial charge in [-0.05, 0) is 64.5 Å². The first kappa shape index (κ1) is 23.5. The molecule has 184 valence electrons. The molecular weight excluding hydrogens is 463 g/mol. The lowest BCUT2D eigenvalue weighted by Crippen LogP contribution is -2.39. The molecule has 2 unspecified atom stereocenters. The zero-order valence-corrected chi connectivity index (χ0v) is 20.8. The number of nitrogens with one attached hydrogen (secondary N) is 3. The van der Waals surface area contributed by atoms with Gasteiger partial charge < -0.3 is 20.9 Å². The highest BCUT2D eigenvalue weighted by Gasteiger charge is 2.26. The molecule has 2 aromatic rings. The fourth-order valence-corrected chi connectivity index (χ4v) is 5.33. The summed E-state index contributed by atoms with van der Waals surface area (Å²) in [7, 11) is 0.466. The third-order valence-electron chi connectivity index (χ3n) is 6.50. The van der Waals surface area contributed by atoms with Crippen LogP contribution in [0.25, 0.3) is 0 Å². The van der Waals surface area contributed by atoms with Crippen molar-refractivity contribution in [1.82, 2.24) is 25.2 Å². The zero-order chi connectivity index (χ0) is 24.2. The number of benzene rings is 1. The molecule has 3 N–H and O–H groups in total. The van der Waals surface area contributed by atoms with Crippen LogP contribution in [0, 0.1) is 5.92 Å². The molecule has 1 aromatic heterocycles. The van der Waals surface area contributed by atoms with Crippen LogP contribution >= 0.6 is 8.58 Å². The molecule has 2 aliphatic heterocycles. The largest absolute Gasteiger partial charge is 0.385 e. The Labute approximate surface area is 206 Å². The fourth-order valence-electron chi connectivity index (χ4n) is 4.26. The van der Waals surface area contributed by atoms with Crippen LogP contribution in [0.5, 0.6) is 0 Å². The topological polar surface area (TPSA) is 117 Å². The standard InChI is InChI=1S/C24H31N8O2P/c1-16(33)31-11-8-17(9-12-31)14-26-22-7-10-25-24(35-22)28-19-4-2-3-18(13-19)27-23(34)21-15-32(30-29-21)20-5-6-20/h2-4,7,10,13,15,17,20,24,26,28,35H,5-6,8-9,11-12,14H2,1H3,(H,27,34). The summed E-state index contributed by atoms with van der Waals surface area (Å²) in [6, 6.07) is 8.01. The Morgan fingerprint density at radius 3 is 2.71 bits per heavy atom. The molecule has 3 heterocycles. The van der Waals surface area contributed by atoms with Gasteiger partial charge in [-0.15, -0.1) is 5.10 Å². The number of carbonyl (C=O) groups is 2. The Morgan fingerprint density at radius 2 is 1.94 bits per heavy atom. The number of allylic oxidation sites excluding steroid dienone is 1. The second-order valence-electron chi connectivity index (χ2n) is 9.25. The molecular formula is C24H31N8O2P. The van der Waals surface area contributed by atoms with Crippen LogP contribution in [-0.2, 0) is 4.79 Å². The van der Waals surface area contributed by atoms with Gasteiger partial charge in [0, 0.05) is 49.6 Å². The number of aromatic nitrogens is 3. The van der Waals surface area contributed by atoms with E-state index in [1.165, 1.54) is 5.44 Å². The average Bonchev–Trinajstić information content (AvgIpc) is 3.59. The molecule has 11 heteroatoms. The van der Waals surface area contributed by atoms with E-state index in [9.17, 15) is 9.59 Å². The van der Waals surface area contributed by atoms with Gasteiger partial charge in [-0.2, -0.15) is 0 Å². The lowest BCUT2D eigenvalue weighted by atomic mass is 9.97. The molecule has 3 aliphatic rings. The van der Waals surface area contributed by atoms with E-state index in [2.05, 4.69) is 31.3 Å². The number of rotatable bonds is 8. The van der Waals surface area contributed by atoms with Gasteiger partial charge in [0.05, 0.1) is 12.2 Å². The van der Waals surface area contributed by atoms with Crippen molar-refractivity contribution < 1.29 is 9.59 Å². The highest BCUT2D eigenvalue weighted by molar-refractivity contribution is 7.44. The van der Waals surface area contributed by atoms with Gasteiger partial charge in [0.1, 0.15) is 5.91 Å². The number of anilines is 2. The summed E-state index contributed by atoms with van der Waals surface area (Å²) < 4.78 is 1.77. The van der Waals surface area contributed by atoms with E-state index in [0.717, 1.165) is 51.0 Å². The first-order valence-corrected chi connectivity index (χ1v) is 13.2. The van der Waals surface area contributed by atoms with Crippen molar-refractivity contribution in [1.29, 1.82) is 0 Å². The van der Waals surface area contributed by atoms with E-state index in [0.29, 0.717) is 31.9 Å². The SMILES string of the molecule is CC(=O)N1CCC(CNC2=CC=NC(Nc3cccc(NC(=O)c4cn(C5CC5)nn4)c3)P2)CC1. The molecule has 1 saturated carbocycles. The molecule has 1 saturated heterocycles. The minimum Gasteiger partial charge on any atom is -0.385 e. The molecule has 2 fully saturated rings. The Kier molecular flexibility index (Phi) is 7.08. The van der Waals surface area contributed by atoms with Crippen LogP contribution < -0.4 is 16.0 Å². The second-order valence-corrected chi connectivity index (χ2v) is 10.6. The third kappa shape index (κ3) is 6.25. The summed E-state index contributed by atoms with van der Waals surface area (Å²) in [5.41, 5.74) is 3.07. The Hall–Kier alpha value is -3.26. The normalized spacial score (nSPS) is 21.0. The summed E-state index contributed by atoms with van der Waals surface area (Å²) in [6.07, 6.45) is 9.84. The number of hydrogen-bond acceptors (Lipinski definition) is 7. The van der Waals surface area contributed by atoms with Gasteiger partial charge in [-0.3, -0.25) is 14.6 Å². The first-order chi connectivity index (χ1) is 17.0. The summed E-state index contributed by atoms with van der Waals surface area (Å²) >= 11 is 0. The third-order valence-corrected chi connectivity index (χ3v) is 7.72. The second kappa shape index (κ2) is 10.6. The van der Waals surface area contributed by atoms with Crippen LogP contribution in [0.4, 0.5) is 11.4 Å². The number of amides is 2. The van der Waals surface area contributed by atoms with Gasteiger partial charge in [-0.1, -0.05) is 11.3 Å². The summed E-state index contributed by atoms with van der Waals surface area (Å²) in [6.45, 7) is 4.25. The van der Waals surface area contributed by atoms with E-state index >= 15 is 0 Å². The number of hydrogen-bond donors (Lipinski definition) is 3. The maximum Gasteiger partial charge on any atom is 0.277 e.